The van der Waals surface area contributed by atoms with Crippen molar-refractivity contribution < 1.29 is 45.2 Å². The van der Waals surface area contributed by atoms with Crippen molar-refractivity contribution in [3.8, 4) is 22.3 Å². The summed E-state index contributed by atoms with van der Waals surface area (Å²) in [7, 11) is 0. The molecule has 0 fully saturated rings. The van der Waals surface area contributed by atoms with Crippen molar-refractivity contribution in [2.45, 2.75) is 48.0 Å². The van der Waals surface area contributed by atoms with E-state index >= 15 is 0 Å². The Kier molecular flexibility index (Phi) is 9.84. The molecule has 0 bridgehead atoms. The van der Waals surface area contributed by atoms with Crippen molar-refractivity contribution in [2.75, 3.05) is 0 Å². The van der Waals surface area contributed by atoms with Crippen molar-refractivity contribution in [1.29, 1.82) is 0 Å². The SMILES string of the molecule is CC(C)C1=Cc2c(-c3ccc4c5c(cccc35)C=C4)cccc2[CH]1[Zr+2]([CH]1C(C(C)C)=Cc2c(-c3ccc4c5c(cccc35)C=C4)cccc21)=[Si](C)C.[Cl-].[Cl-]. The maximum Gasteiger partial charge on any atom is -1.00 e. The van der Waals surface area contributed by atoms with E-state index in [2.05, 4.69) is 174 Å². The van der Waals surface area contributed by atoms with Crippen LogP contribution in [0.25, 0.3) is 80.3 Å². The quantitative estimate of drug-likeness (QED) is 0.149. The zero-order valence-electron chi connectivity index (χ0n) is 31.8. The summed E-state index contributed by atoms with van der Waals surface area (Å²) >= 11 is -2.35. The molecule has 2 unspecified atom stereocenters. The first-order valence-electron chi connectivity index (χ1n) is 19.1. The van der Waals surface area contributed by atoms with E-state index in [1.165, 1.54) is 77.2 Å². The molecule has 0 radical (unpaired) electrons. The molecule has 2 atom stereocenters. The van der Waals surface area contributed by atoms with E-state index < -0.39 is 25.8 Å². The Bertz CT molecular complexity index is 2510. The molecule has 10 rings (SSSR count). The van der Waals surface area contributed by atoms with Gasteiger partial charge in [0.1, 0.15) is 0 Å². The number of hydrogen-bond acceptors (Lipinski definition) is 0. The second-order valence-corrected chi connectivity index (χ2v) is 34.0. The zero-order chi connectivity index (χ0) is 35.4. The zero-order valence-corrected chi connectivity index (χ0v) is 36.7. The van der Waals surface area contributed by atoms with Crippen LogP contribution in [0.1, 0.15) is 79.5 Å². The Morgan fingerprint density at radius 2 is 0.852 bits per heavy atom. The first kappa shape index (κ1) is 37.4. The number of fused-ring (bicyclic) bond motifs is 2. The largest absolute Gasteiger partial charge is 1.00 e. The van der Waals surface area contributed by atoms with Crippen molar-refractivity contribution in [3.63, 3.8) is 0 Å². The average molecular weight is 835 g/mol. The van der Waals surface area contributed by atoms with Gasteiger partial charge in [-0.05, 0) is 0 Å². The number of allylic oxidation sites excluding steroid dienone is 2. The van der Waals surface area contributed by atoms with Gasteiger partial charge < -0.3 is 24.8 Å². The third-order valence-electron chi connectivity index (χ3n) is 12.4. The molecule has 54 heavy (non-hydrogen) atoms. The van der Waals surface area contributed by atoms with Gasteiger partial charge in [0.05, 0.1) is 0 Å². The van der Waals surface area contributed by atoms with E-state index in [-0.39, 0.29) is 24.8 Å². The molecule has 0 nitrogen and oxygen atoms in total. The maximum atomic E-state index is 2.67. The molecular weight excluding hydrogens is 791 g/mol. The van der Waals surface area contributed by atoms with Gasteiger partial charge in [0.15, 0.2) is 0 Å². The molecule has 0 saturated heterocycles. The maximum absolute atomic E-state index is 2.67. The van der Waals surface area contributed by atoms with Gasteiger partial charge in [0.2, 0.25) is 0 Å². The van der Waals surface area contributed by atoms with Crippen LogP contribution in [0.3, 0.4) is 0 Å². The second-order valence-electron chi connectivity index (χ2n) is 16.1. The number of halogens is 2. The molecule has 6 aromatic carbocycles. The van der Waals surface area contributed by atoms with E-state index in [0.29, 0.717) is 19.1 Å². The molecule has 266 valence electrons. The van der Waals surface area contributed by atoms with Crippen LogP contribution in [0.2, 0.25) is 13.1 Å². The van der Waals surface area contributed by atoms with Crippen LogP contribution in [0.15, 0.2) is 108 Å². The monoisotopic (exact) mass is 832 g/mol. The predicted molar refractivity (Wildman–Crippen MR) is 225 cm³/mol. The number of benzene rings is 6. The van der Waals surface area contributed by atoms with Gasteiger partial charge in [0.25, 0.3) is 0 Å². The molecule has 4 aliphatic rings. The van der Waals surface area contributed by atoms with Gasteiger partial charge in [-0.2, -0.15) is 0 Å². The first-order valence-corrected chi connectivity index (χ1v) is 28.2. The Balaban J connectivity index is 0.00000207. The fourth-order valence-electron chi connectivity index (χ4n) is 10.1. The molecule has 4 heteroatoms. The van der Waals surface area contributed by atoms with E-state index in [1.807, 2.05) is 0 Å². The molecule has 4 aliphatic carbocycles. The van der Waals surface area contributed by atoms with Crippen molar-refractivity contribution in [2.24, 2.45) is 11.8 Å². The van der Waals surface area contributed by atoms with E-state index in [0.717, 1.165) is 0 Å². The summed E-state index contributed by atoms with van der Waals surface area (Å²) in [6.45, 7) is 15.2. The minimum atomic E-state index is -2.35. The van der Waals surface area contributed by atoms with Gasteiger partial charge in [-0.15, -0.1) is 0 Å². The Morgan fingerprint density at radius 3 is 1.24 bits per heavy atom. The topological polar surface area (TPSA) is 0 Å². The fourth-order valence-corrected chi connectivity index (χ4v) is 31.1. The third-order valence-corrected chi connectivity index (χ3v) is 31.7. The summed E-state index contributed by atoms with van der Waals surface area (Å²) in [5.41, 5.74) is 20.0. The molecule has 0 heterocycles. The van der Waals surface area contributed by atoms with E-state index in [9.17, 15) is 0 Å². The van der Waals surface area contributed by atoms with Crippen LogP contribution in [-0.2, 0) is 20.4 Å². The van der Waals surface area contributed by atoms with Crippen molar-refractivity contribution in [3.05, 3.63) is 153 Å². The van der Waals surface area contributed by atoms with Crippen LogP contribution < -0.4 is 24.8 Å². The summed E-state index contributed by atoms with van der Waals surface area (Å²) in [6.07, 6.45) is 14.4. The molecule has 0 aromatic heterocycles. The van der Waals surface area contributed by atoms with Crippen LogP contribution in [-0.4, -0.2) is 5.43 Å². The van der Waals surface area contributed by atoms with E-state index in [4.69, 9.17) is 0 Å². The normalized spacial score (nSPS) is 16.6. The minimum Gasteiger partial charge on any atom is -1.00 e. The molecule has 0 N–H and O–H groups in total. The average Bonchev–Trinajstić information content (AvgIpc) is 3.94. The van der Waals surface area contributed by atoms with Gasteiger partial charge >= 0.3 is 319 Å². The predicted octanol–water partition coefficient (Wildman–Crippen LogP) is 8.06. The Labute approximate surface area is 340 Å². The molecule has 6 aromatic rings. The summed E-state index contributed by atoms with van der Waals surface area (Å²) in [4.78, 5) is 0. The number of rotatable bonds is 6. The van der Waals surface area contributed by atoms with Crippen LogP contribution in [0, 0.1) is 11.8 Å². The Morgan fingerprint density at radius 1 is 0.463 bits per heavy atom. The fraction of sp³-hybridized carbons (Fsp3) is 0.200. The first-order chi connectivity index (χ1) is 25.3. The van der Waals surface area contributed by atoms with Crippen LogP contribution in [0.4, 0.5) is 0 Å². The smallest absolute Gasteiger partial charge is 1.00 e. The number of hydrogen-bond donors (Lipinski definition) is 0. The van der Waals surface area contributed by atoms with E-state index in [1.54, 1.807) is 22.3 Å². The summed E-state index contributed by atoms with van der Waals surface area (Å²) < 4.78 is 1.17. The third kappa shape index (κ3) is 5.54. The Hall–Kier alpha value is -3.52. The minimum absolute atomic E-state index is 0. The summed E-state index contributed by atoms with van der Waals surface area (Å²) in [5.74, 6) is 1.03. The van der Waals surface area contributed by atoms with Gasteiger partial charge in [-0.1, -0.05) is 0 Å². The van der Waals surface area contributed by atoms with Gasteiger partial charge in [0, 0.05) is 0 Å². The second kappa shape index (κ2) is 14.2. The molecular formula is C50H44Cl2SiZr. The summed E-state index contributed by atoms with van der Waals surface area (Å²) in [5, 5.41) is 5.58. The molecule has 0 spiro atoms. The standard InChI is InChI=1S/2C24H19.C2H6Si.2ClH.Zr/c2*1-15(2)19-13-18-6-4-7-20(23(18)14-19)21-12-11-17-10-9-16-5-3-8-22(21)24(16)17;1-3-2;;;/h2*3-15H,1-2H3;1-2H3;2*1H;/q;;;;;+2/p-2. The molecule has 0 amide bonds. The summed E-state index contributed by atoms with van der Waals surface area (Å²) in [6, 6.07) is 37.8. The van der Waals surface area contributed by atoms with Gasteiger partial charge in [-0.25, -0.2) is 0 Å². The van der Waals surface area contributed by atoms with Crippen molar-refractivity contribution >= 4 is 63.4 Å². The van der Waals surface area contributed by atoms with Crippen molar-refractivity contribution in [1.82, 2.24) is 0 Å². The van der Waals surface area contributed by atoms with Crippen LogP contribution in [0.5, 0.6) is 0 Å². The molecule has 0 saturated carbocycles. The molecule has 0 aliphatic heterocycles. The van der Waals surface area contributed by atoms with Gasteiger partial charge in [-0.3, -0.25) is 0 Å². The van der Waals surface area contributed by atoms with Crippen LogP contribution >= 0.6 is 0 Å².